The highest BCUT2D eigenvalue weighted by atomic mass is 79.9. The number of benzene rings is 2. The number of aromatic nitrogens is 2. The maximum absolute atomic E-state index is 11.1. The highest BCUT2D eigenvalue weighted by molar-refractivity contribution is 9.10. The Morgan fingerprint density at radius 1 is 1.16 bits per heavy atom. The van der Waals surface area contributed by atoms with Gasteiger partial charge in [-0.1, -0.05) is 17.7 Å². The first-order valence-electron chi connectivity index (χ1n) is 7.26. The molecule has 7 heteroatoms. The Balaban J connectivity index is 1.85. The van der Waals surface area contributed by atoms with Crippen molar-refractivity contribution in [2.45, 2.75) is 6.42 Å². The summed E-state index contributed by atoms with van der Waals surface area (Å²) in [7, 11) is 0. The predicted octanol–water partition coefficient (Wildman–Crippen LogP) is 4.44. The van der Waals surface area contributed by atoms with E-state index in [-0.39, 0.29) is 5.56 Å². The van der Waals surface area contributed by atoms with Crippen LogP contribution in [0.1, 0.15) is 16.8 Å². The first-order valence-corrected chi connectivity index (χ1v) is 8.43. The van der Waals surface area contributed by atoms with E-state index in [4.69, 9.17) is 21.6 Å². The molecule has 0 atom stereocenters. The number of hydrogen-bond donors (Lipinski definition) is 1. The van der Waals surface area contributed by atoms with Crippen molar-refractivity contribution in [1.82, 2.24) is 10.2 Å². The number of H-pyrrole nitrogens is 1. The van der Waals surface area contributed by atoms with Gasteiger partial charge in [0.25, 0.3) is 5.56 Å². The average Bonchev–Trinajstić information content (AvgIpc) is 2.61. The quantitative estimate of drug-likeness (QED) is 0.682. The van der Waals surface area contributed by atoms with Gasteiger partial charge in [-0.25, -0.2) is 5.10 Å². The van der Waals surface area contributed by atoms with Crippen LogP contribution < -0.4 is 10.3 Å². The molecular formula is C18H11BrClN3O2. The molecule has 0 fully saturated rings. The van der Waals surface area contributed by atoms with Crippen LogP contribution in [0.5, 0.6) is 11.5 Å². The Morgan fingerprint density at radius 3 is 2.68 bits per heavy atom. The van der Waals surface area contributed by atoms with Crippen LogP contribution in [0, 0.1) is 11.3 Å². The molecule has 0 spiro atoms. The minimum Gasteiger partial charge on any atom is -0.455 e. The summed E-state index contributed by atoms with van der Waals surface area (Å²) in [5.41, 5.74) is 1.95. The molecule has 0 amide bonds. The third-order valence-corrected chi connectivity index (χ3v) is 4.33. The standard InChI is InChI=1S/C18H11BrClN3O2/c19-14-8-12(10-21)2-5-16(14)25-17-9-11(1-4-15(17)20)7-13-3-6-18(24)23-22-13/h1-6,8-9H,7H2,(H,23,24). The van der Waals surface area contributed by atoms with Crippen LogP contribution in [0.25, 0.3) is 0 Å². The third kappa shape index (κ3) is 4.27. The van der Waals surface area contributed by atoms with E-state index in [0.717, 1.165) is 11.3 Å². The van der Waals surface area contributed by atoms with Gasteiger partial charge in [-0.05, 0) is 57.9 Å². The Hall–Kier alpha value is -2.62. The molecule has 0 aliphatic heterocycles. The second-order valence-electron chi connectivity index (χ2n) is 5.21. The van der Waals surface area contributed by atoms with E-state index in [1.807, 2.05) is 12.1 Å². The zero-order chi connectivity index (χ0) is 17.8. The van der Waals surface area contributed by atoms with E-state index in [9.17, 15) is 4.79 Å². The van der Waals surface area contributed by atoms with Gasteiger partial charge in [-0.3, -0.25) is 4.79 Å². The summed E-state index contributed by atoms with van der Waals surface area (Å²) in [6.07, 6.45) is 0.527. The summed E-state index contributed by atoms with van der Waals surface area (Å²) in [6.45, 7) is 0. The molecule has 1 aromatic heterocycles. The number of hydrogen-bond acceptors (Lipinski definition) is 4. The van der Waals surface area contributed by atoms with Crippen molar-refractivity contribution < 1.29 is 4.74 Å². The topological polar surface area (TPSA) is 78.8 Å². The largest absolute Gasteiger partial charge is 0.455 e. The Labute approximate surface area is 157 Å². The van der Waals surface area contributed by atoms with Crippen molar-refractivity contribution in [2.24, 2.45) is 0 Å². The highest BCUT2D eigenvalue weighted by Crippen LogP contribution is 2.35. The van der Waals surface area contributed by atoms with Crippen LogP contribution in [-0.2, 0) is 6.42 Å². The fourth-order valence-electron chi connectivity index (χ4n) is 2.19. The lowest BCUT2D eigenvalue weighted by Gasteiger charge is -2.11. The minimum absolute atomic E-state index is 0.241. The Kier molecular flexibility index (Phi) is 5.17. The number of aromatic amines is 1. The number of nitriles is 1. The average molecular weight is 417 g/mol. The maximum atomic E-state index is 11.1. The van der Waals surface area contributed by atoms with Crippen molar-refractivity contribution in [3.8, 4) is 17.6 Å². The van der Waals surface area contributed by atoms with Crippen molar-refractivity contribution in [3.05, 3.63) is 85.2 Å². The molecule has 0 saturated heterocycles. The molecule has 0 unspecified atom stereocenters. The van der Waals surface area contributed by atoms with Gasteiger partial charge in [0, 0.05) is 12.5 Å². The van der Waals surface area contributed by atoms with E-state index in [2.05, 4.69) is 32.2 Å². The predicted molar refractivity (Wildman–Crippen MR) is 98.0 cm³/mol. The first-order chi connectivity index (χ1) is 12.0. The smallest absolute Gasteiger partial charge is 0.264 e. The number of nitrogens with zero attached hydrogens (tertiary/aromatic N) is 2. The van der Waals surface area contributed by atoms with Gasteiger partial charge in [-0.15, -0.1) is 0 Å². The number of ether oxygens (including phenoxy) is 1. The SMILES string of the molecule is N#Cc1ccc(Oc2cc(Cc3ccc(=O)[nH]n3)ccc2Cl)c(Br)c1. The lowest BCUT2D eigenvalue weighted by molar-refractivity contribution is 0.479. The van der Waals surface area contributed by atoms with Gasteiger partial charge in [0.05, 0.1) is 26.8 Å². The van der Waals surface area contributed by atoms with E-state index in [1.54, 1.807) is 30.3 Å². The van der Waals surface area contributed by atoms with Gasteiger partial charge >= 0.3 is 0 Å². The fourth-order valence-corrected chi connectivity index (χ4v) is 2.80. The zero-order valence-corrected chi connectivity index (χ0v) is 15.1. The molecule has 0 saturated carbocycles. The lowest BCUT2D eigenvalue weighted by Crippen LogP contribution is -2.07. The Bertz CT molecular complexity index is 1010. The summed E-state index contributed by atoms with van der Waals surface area (Å²) in [5, 5.41) is 15.8. The molecule has 25 heavy (non-hydrogen) atoms. The molecule has 2 aromatic carbocycles. The summed E-state index contributed by atoms with van der Waals surface area (Å²) >= 11 is 9.61. The monoisotopic (exact) mass is 415 g/mol. The van der Waals surface area contributed by atoms with Gasteiger partial charge in [0.15, 0.2) is 0 Å². The molecule has 0 aliphatic rings. The van der Waals surface area contributed by atoms with Gasteiger partial charge < -0.3 is 4.74 Å². The van der Waals surface area contributed by atoms with Gasteiger partial charge in [0.2, 0.25) is 0 Å². The molecule has 0 radical (unpaired) electrons. The molecule has 1 N–H and O–H groups in total. The van der Waals surface area contributed by atoms with Crippen LogP contribution in [0.2, 0.25) is 5.02 Å². The van der Waals surface area contributed by atoms with Crippen LogP contribution in [0.3, 0.4) is 0 Å². The minimum atomic E-state index is -0.241. The van der Waals surface area contributed by atoms with Crippen molar-refractivity contribution in [1.29, 1.82) is 5.26 Å². The normalized spacial score (nSPS) is 10.3. The van der Waals surface area contributed by atoms with E-state index >= 15 is 0 Å². The number of halogens is 2. The van der Waals surface area contributed by atoms with Crippen molar-refractivity contribution >= 4 is 27.5 Å². The highest BCUT2D eigenvalue weighted by Gasteiger charge is 2.09. The van der Waals surface area contributed by atoms with E-state index < -0.39 is 0 Å². The number of rotatable bonds is 4. The van der Waals surface area contributed by atoms with Gasteiger partial charge in [-0.2, -0.15) is 10.4 Å². The Morgan fingerprint density at radius 2 is 2.00 bits per heavy atom. The second-order valence-corrected chi connectivity index (χ2v) is 6.47. The summed E-state index contributed by atoms with van der Waals surface area (Å²) in [6, 6.07) is 15.7. The molecule has 124 valence electrons. The van der Waals surface area contributed by atoms with Crippen molar-refractivity contribution in [3.63, 3.8) is 0 Å². The number of nitrogens with one attached hydrogen (secondary N) is 1. The molecule has 3 aromatic rings. The summed E-state index contributed by atoms with van der Waals surface area (Å²) in [4.78, 5) is 11.1. The van der Waals surface area contributed by atoms with Crippen molar-refractivity contribution in [2.75, 3.05) is 0 Å². The van der Waals surface area contributed by atoms with Crippen LogP contribution in [-0.4, -0.2) is 10.2 Å². The van der Waals surface area contributed by atoms with E-state index in [1.165, 1.54) is 6.07 Å². The van der Waals surface area contributed by atoms with Crippen LogP contribution in [0.15, 0.2) is 57.8 Å². The van der Waals surface area contributed by atoms with Crippen LogP contribution >= 0.6 is 27.5 Å². The summed E-state index contributed by atoms with van der Waals surface area (Å²) in [5.74, 6) is 1.05. The molecular weight excluding hydrogens is 406 g/mol. The zero-order valence-electron chi connectivity index (χ0n) is 12.8. The molecule has 1 heterocycles. The lowest BCUT2D eigenvalue weighted by atomic mass is 10.1. The molecule has 5 nitrogen and oxygen atoms in total. The maximum Gasteiger partial charge on any atom is 0.264 e. The molecule has 0 bridgehead atoms. The fraction of sp³-hybridized carbons (Fsp3) is 0.0556. The molecule has 0 aliphatic carbocycles. The third-order valence-electron chi connectivity index (χ3n) is 3.40. The second kappa shape index (κ2) is 7.51. The van der Waals surface area contributed by atoms with Crippen LogP contribution in [0.4, 0.5) is 0 Å². The molecule has 3 rings (SSSR count). The summed E-state index contributed by atoms with van der Waals surface area (Å²) < 4.78 is 6.53. The van der Waals surface area contributed by atoms with E-state index in [0.29, 0.717) is 33.0 Å². The van der Waals surface area contributed by atoms with Gasteiger partial charge in [0.1, 0.15) is 11.5 Å². The first kappa shape index (κ1) is 17.2.